The van der Waals surface area contributed by atoms with E-state index in [1.807, 2.05) is 11.6 Å². The smallest absolute Gasteiger partial charge is 0.215 e. The van der Waals surface area contributed by atoms with Crippen LogP contribution in [0.15, 0.2) is 0 Å². The fourth-order valence-corrected chi connectivity index (χ4v) is 1.53. The Morgan fingerprint density at radius 3 is 2.57 bits per heavy atom. The van der Waals surface area contributed by atoms with Crippen molar-refractivity contribution in [3.63, 3.8) is 0 Å². The van der Waals surface area contributed by atoms with Crippen LogP contribution in [0.2, 0.25) is 0 Å². The van der Waals surface area contributed by atoms with Crippen LogP contribution in [0.1, 0.15) is 31.1 Å². The second kappa shape index (κ2) is 4.46. The lowest BCUT2D eigenvalue weighted by molar-refractivity contribution is 0.293. The van der Waals surface area contributed by atoms with E-state index in [1.165, 1.54) is 0 Å². The van der Waals surface area contributed by atoms with Crippen molar-refractivity contribution < 1.29 is 9.84 Å². The highest BCUT2D eigenvalue weighted by atomic mass is 16.5. The van der Waals surface area contributed by atoms with Crippen molar-refractivity contribution in [1.29, 1.82) is 0 Å². The maximum atomic E-state index is 8.92. The van der Waals surface area contributed by atoms with Gasteiger partial charge in [0.05, 0.1) is 18.8 Å². The number of hydrogen-bond acceptors (Lipinski definition) is 3. The van der Waals surface area contributed by atoms with E-state index < -0.39 is 0 Å². The minimum Gasteiger partial charge on any atom is -0.481 e. The van der Waals surface area contributed by atoms with Crippen molar-refractivity contribution in [2.45, 2.75) is 33.2 Å². The topological polar surface area (TPSA) is 47.3 Å². The van der Waals surface area contributed by atoms with Gasteiger partial charge in [-0.05, 0) is 20.8 Å². The predicted molar refractivity (Wildman–Crippen MR) is 54.7 cm³/mol. The molecule has 0 atom stereocenters. The molecule has 0 aromatic carbocycles. The molecule has 0 bridgehead atoms. The number of hydrogen-bond donors (Lipinski definition) is 1. The van der Waals surface area contributed by atoms with Gasteiger partial charge in [-0.15, -0.1) is 0 Å². The summed E-state index contributed by atoms with van der Waals surface area (Å²) in [7, 11) is 1.64. The zero-order chi connectivity index (χ0) is 10.7. The standard InChI is InChI=1S/C10H18N2O2/c1-7(2)12-10(14-4)9(5-6-13)8(3)11-12/h7,13H,5-6H2,1-4H3. The van der Waals surface area contributed by atoms with Crippen LogP contribution >= 0.6 is 0 Å². The lowest BCUT2D eigenvalue weighted by Gasteiger charge is -2.10. The third kappa shape index (κ3) is 1.90. The minimum absolute atomic E-state index is 0.126. The zero-order valence-corrected chi connectivity index (χ0v) is 9.24. The van der Waals surface area contributed by atoms with Crippen LogP contribution in [0.25, 0.3) is 0 Å². The Morgan fingerprint density at radius 2 is 2.14 bits per heavy atom. The summed E-state index contributed by atoms with van der Waals surface area (Å²) in [5.41, 5.74) is 1.94. The number of aliphatic hydroxyl groups excluding tert-OH is 1. The molecule has 80 valence electrons. The molecule has 0 fully saturated rings. The minimum atomic E-state index is 0.126. The van der Waals surface area contributed by atoms with Gasteiger partial charge in [0.15, 0.2) is 0 Å². The first-order valence-corrected chi connectivity index (χ1v) is 4.84. The van der Waals surface area contributed by atoms with Gasteiger partial charge in [0.1, 0.15) is 0 Å². The Balaban J connectivity index is 3.14. The van der Waals surface area contributed by atoms with Gasteiger partial charge < -0.3 is 9.84 Å². The first kappa shape index (κ1) is 11.0. The monoisotopic (exact) mass is 198 g/mol. The molecule has 0 amide bonds. The molecule has 14 heavy (non-hydrogen) atoms. The molecule has 0 aliphatic rings. The number of nitrogens with zero attached hydrogens (tertiary/aromatic N) is 2. The van der Waals surface area contributed by atoms with Crippen LogP contribution in [0, 0.1) is 6.92 Å². The molecule has 0 radical (unpaired) electrons. The third-order valence-electron chi connectivity index (χ3n) is 2.20. The van der Waals surface area contributed by atoms with E-state index in [1.54, 1.807) is 7.11 Å². The summed E-state index contributed by atoms with van der Waals surface area (Å²) in [6.45, 7) is 6.17. The number of aliphatic hydroxyl groups is 1. The highest BCUT2D eigenvalue weighted by molar-refractivity contribution is 5.31. The van der Waals surface area contributed by atoms with E-state index in [0.717, 1.165) is 17.1 Å². The molecule has 0 saturated carbocycles. The Kier molecular flexibility index (Phi) is 3.52. The number of methoxy groups -OCH3 is 1. The summed E-state index contributed by atoms with van der Waals surface area (Å²) in [6.07, 6.45) is 0.599. The molecule has 1 aromatic rings. The lowest BCUT2D eigenvalue weighted by Crippen LogP contribution is -2.06. The van der Waals surface area contributed by atoms with E-state index in [2.05, 4.69) is 18.9 Å². The molecule has 1 aromatic heterocycles. The molecule has 0 aliphatic heterocycles. The summed E-state index contributed by atoms with van der Waals surface area (Å²) >= 11 is 0. The summed E-state index contributed by atoms with van der Waals surface area (Å²) in [5.74, 6) is 0.770. The molecule has 0 spiro atoms. The molecule has 1 rings (SSSR count). The van der Waals surface area contributed by atoms with Crippen molar-refractivity contribution in [2.75, 3.05) is 13.7 Å². The largest absolute Gasteiger partial charge is 0.481 e. The van der Waals surface area contributed by atoms with E-state index >= 15 is 0 Å². The molecular weight excluding hydrogens is 180 g/mol. The van der Waals surface area contributed by atoms with Crippen LogP contribution in [0.4, 0.5) is 0 Å². The number of aryl methyl sites for hydroxylation is 1. The Morgan fingerprint density at radius 1 is 1.50 bits per heavy atom. The SMILES string of the molecule is COc1c(CCO)c(C)nn1C(C)C. The maximum Gasteiger partial charge on any atom is 0.215 e. The van der Waals surface area contributed by atoms with Crippen LogP contribution in [-0.2, 0) is 6.42 Å². The number of aromatic nitrogens is 2. The van der Waals surface area contributed by atoms with Gasteiger partial charge in [-0.2, -0.15) is 5.10 Å². The average Bonchev–Trinajstić information content (AvgIpc) is 2.44. The van der Waals surface area contributed by atoms with Gasteiger partial charge in [-0.3, -0.25) is 0 Å². The molecule has 1 N–H and O–H groups in total. The van der Waals surface area contributed by atoms with Crippen LogP contribution < -0.4 is 4.74 Å². The summed E-state index contributed by atoms with van der Waals surface area (Å²) in [4.78, 5) is 0. The summed E-state index contributed by atoms with van der Waals surface area (Å²) < 4.78 is 7.15. The zero-order valence-electron chi connectivity index (χ0n) is 9.24. The third-order valence-corrected chi connectivity index (χ3v) is 2.20. The highest BCUT2D eigenvalue weighted by Gasteiger charge is 2.16. The van der Waals surface area contributed by atoms with E-state index in [0.29, 0.717) is 6.42 Å². The Hall–Kier alpha value is -1.03. The Labute approximate surface area is 84.5 Å². The van der Waals surface area contributed by atoms with Gasteiger partial charge in [0, 0.05) is 18.6 Å². The molecule has 0 saturated heterocycles. The first-order chi connectivity index (χ1) is 6.61. The second-order valence-electron chi connectivity index (χ2n) is 3.59. The number of ether oxygens (including phenoxy) is 1. The lowest BCUT2D eigenvalue weighted by atomic mass is 10.2. The van der Waals surface area contributed by atoms with Gasteiger partial charge in [0.25, 0.3) is 0 Å². The molecular formula is C10H18N2O2. The highest BCUT2D eigenvalue weighted by Crippen LogP contribution is 2.25. The van der Waals surface area contributed by atoms with Gasteiger partial charge in [-0.25, -0.2) is 4.68 Å². The van der Waals surface area contributed by atoms with Crippen molar-refractivity contribution in [3.8, 4) is 5.88 Å². The molecule has 0 aliphatic carbocycles. The van der Waals surface area contributed by atoms with E-state index in [9.17, 15) is 0 Å². The van der Waals surface area contributed by atoms with Crippen molar-refractivity contribution >= 4 is 0 Å². The van der Waals surface area contributed by atoms with Gasteiger partial charge >= 0.3 is 0 Å². The second-order valence-corrected chi connectivity index (χ2v) is 3.59. The van der Waals surface area contributed by atoms with Crippen molar-refractivity contribution in [2.24, 2.45) is 0 Å². The van der Waals surface area contributed by atoms with Gasteiger partial charge in [-0.1, -0.05) is 0 Å². The van der Waals surface area contributed by atoms with Crippen LogP contribution in [0.3, 0.4) is 0 Å². The molecule has 4 nitrogen and oxygen atoms in total. The maximum absolute atomic E-state index is 8.92. The van der Waals surface area contributed by atoms with Crippen molar-refractivity contribution in [3.05, 3.63) is 11.3 Å². The quantitative estimate of drug-likeness (QED) is 0.793. The molecule has 0 unspecified atom stereocenters. The van der Waals surface area contributed by atoms with Crippen molar-refractivity contribution in [1.82, 2.24) is 9.78 Å². The van der Waals surface area contributed by atoms with E-state index in [-0.39, 0.29) is 12.6 Å². The number of rotatable bonds is 4. The normalized spacial score (nSPS) is 11.0. The van der Waals surface area contributed by atoms with Crippen LogP contribution in [-0.4, -0.2) is 28.6 Å². The fourth-order valence-electron chi connectivity index (χ4n) is 1.53. The molecule has 1 heterocycles. The molecule has 4 heteroatoms. The van der Waals surface area contributed by atoms with E-state index in [4.69, 9.17) is 9.84 Å². The predicted octanol–water partition coefficient (Wildman–Crippen LogP) is 1.32. The average molecular weight is 198 g/mol. The Bertz CT molecular complexity index is 305. The fraction of sp³-hybridized carbons (Fsp3) is 0.700. The van der Waals surface area contributed by atoms with Gasteiger partial charge in [0.2, 0.25) is 5.88 Å². The first-order valence-electron chi connectivity index (χ1n) is 4.84. The van der Waals surface area contributed by atoms with Crippen LogP contribution in [0.5, 0.6) is 5.88 Å². The summed E-state index contributed by atoms with van der Waals surface area (Å²) in [5, 5.41) is 13.3. The summed E-state index contributed by atoms with van der Waals surface area (Å²) in [6, 6.07) is 0.274.